The minimum atomic E-state index is -1.53. The highest BCUT2D eigenvalue weighted by Crippen LogP contribution is 2.53. The average molecular weight is 265 g/mol. The van der Waals surface area contributed by atoms with E-state index in [1.807, 2.05) is 18.2 Å². The van der Waals surface area contributed by atoms with Gasteiger partial charge in [0.15, 0.2) is 0 Å². The Morgan fingerprint density at radius 2 is 2.24 bits per heavy atom. The number of carbonyl (C=O) groups excluding carboxylic acids is 1. The van der Waals surface area contributed by atoms with Crippen LogP contribution in [0.2, 0.25) is 0 Å². The molecule has 0 spiro atoms. The molecular formula is C13H16NOPS. The van der Waals surface area contributed by atoms with E-state index in [1.54, 1.807) is 0 Å². The van der Waals surface area contributed by atoms with Crippen molar-refractivity contribution in [2.45, 2.75) is 20.3 Å². The predicted molar refractivity (Wildman–Crippen MR) is 77.9 cm³/mol. The Balaban J connectivity index is 2.34. The van der Waals surface area contributed by atoms with Gasteiger partial charge in [0, 0.05) is 18.6 Å². The first-order chi connectivity index (χ1) is 7.99. The Labute approximate surface area is 107 Å². The van der Waals surface area contributed by atoms with Crippen LogP contribution >= 0.6 is 6.04 Å². The third-order valence-corrected chi connectivity index (χ3v) is 7.27. The third kappa shape index (κ3) is 2.85. The molecule has 1 amide bonds. The molecule has 1 heterocycles. The maximum absolute atomic E-state index is 11.0. The van der Waals surface area contributed by atoms with Gasteiger partial charge in [-0.3, -0.25) is 4.79 Å². The van der Waals surface area contributed by atoms with Gasteiger partial charge >= 0.3 is 0 Å². The predicted octanol–water partition coefficient (Wildman–Crippen LogP) is 3.06. The first-order valence-corrected chi connectivity index (χ1v) is 8.70. The largest absolute Gasteiger partial charge is 0.326 e. The molecule has 0 fully saturated rings. The number of amides is 1. The summed E-state index contributed by atoms with van der Waals surface area (Å²) >= 11 is 5.81. The molecule has 1 aromatic carbocycles. The van der Waals surface area contributed by atoms with Crippen LogP contribution < -0.4 is 10.6 Å². The second-order valence-corrected chi connectivity index (χ2v) is 9.24. The molecule has 0 aromatic heterocycles. The second kappa shape index (κ2) is 4.75. The van der Waals surface area contributed by atoms with Crippen LogP contribution in [0.1, 0.15) is 20.3 Å². The zero-order valence-corrected chi connectivity index (χ0v) is 11.8. The molecule has 0 saturated carbocycles. The zero-order chi connectivity index (χ0) is 12.5. The SMILES string of the molecule is CC(=O)Nc1cccc(P2(=S)C=C(C)CC2)c1. The molecule has 1 aromatic rings. The molecule has 2 nitrogen and oxygen atoms in total. The van der Waals surface area contributed by atoms with Gasteiger partial charge in [0.2, 0.25) is 5.91 Å². The van der Waals surface area contributed by atoms with Crippen LogP contribution in [0, 0.1) is 0 Å². The summed E-state index contributed by atoms with van der Waals surface area (Å²) in [4.78, 5) is 11.0. The van der Waals surface area contributed by atoms with Gasteiger partial charge in [0.25, 0.3) is 0 Å². The summed E-state index contributed by atoms with van der Waals surface area (Å²) in [6.07, 6.45) is 2.19. The molecule has 0 radical (unpaired) electrons. The topological polar surface area (TPSA) is 29.1 Å². The zero-order valence-electron chi connectivity index (χ0n) is 10.1. The molecule has 90 valence electrons. The van der Waals surface area contributed by atoms with Gasteiger partial charge in [-0.15, -0.1) is 0 Å². The van der Waals surface area contributed by atoms with Crippen molar-refractivity contribution in [3.8, 4) is 0 Å². The van der Waals surface area contributed by atoms with Crippen LogP contribution in [0.15, 0.2) is 35.7 Å². The molecule has 0 bridgehead atoms. The fourth-order valence-electron chi connectivity index (χ4n) is 2.05. The van der Waals surface area contributed by atoms with Crippen LogP contribution in [0.4, 0.5) is 5.69 Å². The maximum Gasteiger partial charge on any atom is 0.221 e. The van der Waals surface area contributed by atoms with Gasteiger partial charge in [-0.1, -0.05) is 29.5 Å². The highest BCUT2D eigenvalue weighted by atomic mass is 32.4. The quantitative estimate of drug-likeness (QED) is 0.833. The highest BCUT2D eigenvalue weighted by molar-refractivity contribution is 8.19. The Bertz CT molecular complexity index is 536. The van der Waals surface area contributed by atoms with Crippen molar-refractivity contribution in [2.75, 3.05) is 11.5 Å². The van der Waals surface area contributed by atoms with E-state index in [4.69, 9.17) is 11.8 Å². The molecule has 2 rings (SSSR count). The van der Waals surface area contributed by atoms with Crippen molar-refractivity contribution in [2.24, 2.45) is 0 Å². The summed E-state index contributed by atoms with van der Waals surface area (Å²) in [7, 11) is 0. The van der Waals surface area contributed by atoms with Crippen molar-refractivity contribution < 1.29 is 4.79 Å². The molecule has 1 aliphatic heterocycles. The number of carbonyl (C=O) groups is 1. The average Bonchev–Trinajstić information content (AvgIpc) is 2.59. The molecule has 0 aliphatic carbocycles. The highest BCUT2D eigenvalue weighted by Gasteiger charge is 2.22. The van der Waals surface area contributed by atoms with Gasteiger partial charge in [-0.2, -0.15) is 0 Å². The molecular weight excluding hydrogens is 249 g/mol. The normalized spacial score (nSPS) is 23.3. The van der Waals surface area contributed by atoms with Crippen molar-refractivity contribution in [3.05, 3.63) is 35.7 Å². The van der Waals surface area contributed by atoms with E-state index in [2.05, 4.69) is 24.1 Å². The van der Waals surface area contributed by atoms with Gasteiger partial charge in [-0.25, -0.2) is 0 Å². The second-order valence-electron chi connectivity index (χ2n) is 4.48. The van der Waals surface area contributed by atoms with E-state index in [0.717, 1.165) is 18.3 Å². The lowest BCUT2D eigenvalue weighted by Crippen LogP contribution is -2.09. The summed E-state index contributed by atoms with van der Waals surface area (Å²) in [5.74, 6) is 2.23. The minimum absolute atomic E-state index is 0.0444. The molecule has 0 saturated heterocycles. The first kappa shape index (κ1) is 12.5. The standard InChI is InChI=1S/C13H16NOPS/c1-10-6-7-16(17,9-10)13-5-3-4-12(8-13)14-11(2)15/h3-5,8-9H,6-7H2,1-2H3,(H,14,15). The third-order valence-electron chi connectivity index (χ3n) is 2.87. The monoisotopic (exact) mass is 265 g/mol. The van der Waals surface area contributed by atoms with Crippen molar-refractivity contribution in [1.29, 1.82) is 0 Å². The van der Waals surface area contributed by atoms with Crippen LogP contribution in [0.3, 0.4) is 0 Å². The van der Waals surface area contributed by atoms with Crippen LogP contribution in [-0.4, -0.2) is 12.1 Å². The van der Waals surface area contributed by atoms with E-state index in [0.29, 0.717) is 0 Å². The number of benzene rings is 1. The van der Waals surface area contributed by atoms with Crippen LogP contribution in [0.25, 0.3) is 0 Å². The number of allylic oxidation sites excluding steroid dienone is 1. The molecule has 1 unspecified atom stereocenters. The van der Waals surface area contributed by atoms with Gasteiger partial charge in [0.1, 0.15) is 0 Å². The Morgan fingerprint density at radius 3 is 2.82 bits per heavy atom. The lowest BCUT2D eigenvalue weighted by atomic mass is 10.3. The van der Waals surface area contributed by atoms with Gasteiger partial charge in [-0.05, 0) is 42.8 Å². The molecule has 4 heteroatoms. The molecule has 17 heavy (non-hydrogen) atoms. The summed E-state index contributed by atoms with van der Waals surface area (Å²) in [6.45, 7) is 3.66. The van der Waals surface area contributed by atoms with Crippen molar-refractivity contribution in [1.82, 2.24) is 0 Å². The number of rotatable bonds is 2. The van der Waals surface area contributed by atoms with Crippen LogP contribution in [-0.2, 0) is 16.6 Å². The van der Waals surface area contributed by atoms with E-state index in [9.17, 15) is 4.79 Å². The van der Waals surface area contributed by atoms with Crippen molar-refractivity contribution >= 4 is 34.7 Å². The summed E-state index contributed by atoms with van der Waals surface area (Å²) in [5, 5.41) is 4.01. The smallest absolute Gasteiger partial charge is 0.221 e. The summed E-state index contributed by atoms with van der Waals surface area (Å²) in [6, 6.07) is 6.45. The molecule has 1 aliphatic rings. The van der Waals surface area contributed by atoms with Gasteiger partial charge < -0.3 is 5.32 Å². The fourth-order valence-corrected chi connectivity index (χ4v) is 5.97. The van der Waals surface area contributed by atoms with E-state index >= 15 is 0 Å². The van der Waals surface area contributed by atoms with Crippen molar-refractivity contribution in [3.63, 3.8) is 0 Å². The van der Waals surface area contributed by atoms with E-state index in [1.165, 1.54) is 17.8 Å². The lowest BCUT2D eigenvalue weighted by molar-refractivity contribution is -0.114. The van der Waals surface area contributed by atoms with Crippen LogP contribution in [0.5, 0.6) is 0 Å². The number of hydrogen-bond donors (Lipinski definition) is 1. The Kier molecular flexibility index (Phi) is 3.50. The minimum Gasteiger partial charge on any atom is -0.326 e. The van der Waals surface area contributed by atoms with E-state index < -0.39 is 6.04 Å². The first-order valence-electron chi connectivity index (χ1n) is 5.65. The Morgan fingerprint density at radius 1 is 1.47 bits per heavy atom. The van der Waals surface area contributed by atoms with E-state index in [-0.39, 0.29) is 5.91 Å². The number of anilines is 1. The summed E-state index contributed by atoms with van der Waals surface area (Å²) < 4.78 is 0. The maximum atomic E-state index is 11.0. The number of hydrogen-bond acceptors (Lipinski definition) is 2. The number of nitrogens with one attached hydrogen (secondary N) is 1. The fraction of sp³-hybridized carbons (Fsp3) is 0.308. The van der Waals surface area contributed by atoms with Gasteiger partial charge in [0.05, 0.1) is 0 Å². The molecule has 1 N–H and O–H groups in total. The summed E-state index contributed by atoms with van der Waals surface area (Å²) in [5.41, 5.74) is 2.25. The molecule has 1 atom stereocenters. The lowest BCUT2D eigenvalue weighted by Gasteiger charge is -2.15. The Hall–Kier alpha value is -0.920.